The Morgan fingerprint density at radius 1 is 1.45 bits per heavy atom. The predicted octanol–water partition coefficient (Wildman–Crippen LogP) is 2.09. The number of nitrogens with one attached hydrogen (secondary N) is 1. The average Bonchev–Trinajstić information content (AvgIpc) is 2.88. The molecule has 0 saturated carbocycles. The van der Waals surface area contributed by atoms with Gasteiger partial charge in [0.25, 0.3) is 5.69 Å². The number of hydrogen-bond donors (Lipinski definition) is 1. The second-order valence-corrected chi connectivity index (χ2v) is 5.95. The van der Waals surface area contributed by atoms with Crippen LogP contribution in [0.4, 0.5) is 5.69 Å². The molecule has 2 unspecified atom stereocenters. The number of nitrogens with zero attached hydrogens (tertiary/aromatic N) is 2. The third kappa shape index (κ3) is 2.55. The highest BCUT2D eigenvalue weighted by Crippen LogP contribution is 2.27. The molecule has 2 fully saturated rings. The van der Waals surface area contributed by atoms with E-state index in [9.17, 15) is 10.1 Å². The summed E-state index contributed by atoms with van der Waals surface area (Å²) in [7, 11) is 0. The third-order valence-electron chi connectivity index (χ3n) is 4.75. The van der Waals surface area contributed by atoms with Gasteiger partial charge in [0.05, 0.1) is 4.92 Å². The molecule has 0 aromatic heterocycles. The molecule has 5 nitrogen and oxygen atoms in total. The Bertz CT molecular complexity index is 518. The van der Waals surface area contributed by atoms with Crippen LogP contribution in [-0.2, 0) is 6.54 Å². The standard InChI is InChI=1S/C15H21N3O2/c1-11-12(3-2-4-15(11)18(19)20)9-17-8-6-14-13(10-17)5-7-16-14/h2-4,13-14,16H,5-10H2,1H3. The Balaban J connectivity index is 1.72. The topological polar surface area (TPSA) is 58.4 Å². The summed E-state index contributed by atoms with van der Waals surface area (Å²) in [5.41, 5.74) is 2.13. The molecule has 2 saturated heterocycles. The summed E-state index contributed by atoms with van der Waals surface area (Å²) in [4.78, 5) is 13.2. The van der Waals surface area contributed by atoms with E-state index in [2.05, 4.69) is 10.2 Å². The zero-order valence-corrected chi connectivity index (χ0v) is 11.8. The lowest BCUT2D eigenvalue weighted by molar-refractivity contribution is -0.385. The third-order valence-corrected chi connectivity index (χ3v) is 4.75. The fourth-order valence-electron chi connectivity index (χ4n) is 3.55. The summed E-state index contributed by atoms with van der Waals surface area (Å²) in [6.07, 6.45) is 2.45. The van der Waals surface area contributed by atoms with Gasteiger partial charge in [0.1, 0.15) is 0 Å². The number of rotatable bonds is 3. The van der Waals surface area contributed by atoms with Crippen LogP contribution in [0.5, 0.6) is 0 Å². The first-order valence-corrected chi connectivity index (χ1v) is 7.34. The fraction of sp³-hybridized carbons (Fsp3) is 0.600. The number of likely N-dealkylation sites (tertiary alicyclic amines) is 1. The maximum atomic E-state index is 11.0. The molecule has 3 rings (SSSR count). The molecule has 0 spiro atoms. The van der Waals surface area contributed by atoms with Crippen molar-refractivity contribution in [2.45, 2.75) is 32.4 Å². The van der Waals surface area contributed by atoms with Crippen LogP contribution < -0.4 is 5.32 Å². The largest absolute Gasteiger partial charge is 0.314 e. The lowest BCUT2D eigenvalue weighted by atomic mass is 9.93. The van der Waals surface area contributed by atoms with Crippen LogP contribution in [0, 0.1) is 23.0 Å². The summed E-state index contributed by atoms with van der Waals surface area (Å²) in [6, 6.07) is 6.09. The van der Waals surface area contributed by atoms with E-state index >= 15 is 0 Å². The van der Waals surface area contributed by atoms with Crippen molar-refractivity contribution in [3.63, 3.8) is 0 Å². The maximum absolute atomic E-state index is 11.0. The summed E-state index contributed by atoms with van der Waals surface area (Å²) in [6.45, 7) is 6.02. The van der Waals surface area contributed by atoms with E-state index in [1.54, 1.807) is 12.1 Å². The smallest absolute Gasteiger partial charge is 0.272 e. The first kappa shape index (κ1) is 13.5. The van der Waals surface area contributed by atoms with Crippen LogP contribution in [0.1, 0.15) is 24.0 Å². The SMILES string of the molecule is Cc1c(CN2CCC3NCCC3C2)cccc1[N+](=O)[O-]. The van der Waals surface area contributed by atoms with Gasteiger partial charge in [0, 0.05) is 30.8 Å². The molecule has 5 heteroatoms. The Hall–Kier alpha value is -1.46. The normalized spacial score (nSPS) is 26.4. The average molecular weight is 275 g/mol. The van der Waals surface area contributed by atoms with E-state index in [0.29, 0.717) is 6.04 Å². The van der Waals surface area contributed by atoms with Crippen molar-refractivity contribution < 1.29 is 4.92 Å². The van der Waals surface area contributed by atoms with Gasteiger partial charge in [-0.15, -0.1) is 0 Å². The van der Waals surface area contributed by atoms with Gasteiger partial charge in [-0.2, -0.15) is 0 Å². The van der Waals surface area contributed by atoms with Crippen LogP contribution in [0.25, 0.3) is 0 Å². The first-order valence-electron chi connectivity index (χ1n) is 7.34. The van der Waals surface area contributed by atoms with Crippen molar-refractivity contribution >= 4 is 5.69 Å². The zero-order valence-electron chi connectivity index (χ0n) is 11.8. The Morgan fingerprint density at radius 2 is 2.30 bits per heavy atom. The van der Waals surface area contributed by atoms with Crippen molar-refractivity contribution in [3.8, 4) is 0 Å². The van der Waals surface area contributed by atoms with E-state index in [4.69, 9.17) is 0 Å². The van der Waals surface area contributed by atoms with Crippen LogP contribution >= 0.6 is 0 Å². The Morgan fingerprint density at radius 3 is 3.10 bits per heavy atom. The summed E-state index contributed by atoms with van der Waals surface area (Å²) < 4.78 is 0. The van der Waals surface area contributed by atoms with Gasteiger partial charge in [-0.05, 0) is 44.3 Å². The lowest BCUT2D eigenvalue weighted by Crippen LogP contribution is -2.44. The fourth-order valence-corrected chi connectivity index (χ4v) is 3.55. The van der Waals surface area contributed by atoms with Gasteiger partial charge in [0.2, 0.25) is 0 Å². The number of fused-ring (bicyclic) bond motifs is 1. The number of benzene rings is 1. The van der Waals surface area contributed by atoms with Crippen molar-refractivity contribution in [2.75, 3.05) is 19.6 Å². The highest BCUT2D eigenvalue weighted by molar-refractivity contribution is 5.44. The van der Waals surface area contributed by atoms with E-state index in [1.807, 2.05) is 13.0 Å². The van der Waals surface area contributed by atoms with Gasteiger partial charge in [-0.1, -0.05) is 12.1 Å². The highest BCUT2D eigenvalue weighted by atomic mass is 16.6. The molecule has 2 heterocycles. The minimum Gasteiger partial charge on any atom is -0.314 e. The molecule has 0 bridgehead atoms. The second-order valence-electron chi connectivity index (χ2n) is 5.95. The Kier molecular flexibility index (Phi) is 3.72. The molecule has 0 aliphatic carbocycles. The molecule has 1 N–H and O–H groups in total. The van der Waals surface area contributed by atoms with Crippen LogP contribution in [0.2, 0.25) is 0 Å². The van der Waals surface area contributed by atoms with Crippen molar-refractivity contribution in [3.05, 3.63) is 39.4 Å². The molecule has 108 valence electrons. The van der Waals surface area contributed by atoms with Gasteiger partial charge in [0.15, 0.2) is 0 Å². The molecule has 1 aromatic rings. The van der Waals surface area contributed by atoms with Gasteiger partial charge in [-0.3, -0.25) is 15.0 Å². The maximum Gasteiger partial charge on any atom is 0.272 e. The van der Waals surface area contributed by atoms with E-state index < -0.39 is 0 Å². The Labute approximate surface area is 119 Å². The van der Waals surface area contributed by atoms with Gasteiger partial charge < -0.3 is 5.32 Å². The molecule has 2 atom stereocenters. The molecule has 20 heavy (non-hydrogen) atoms. The van der Waals surface area contributed by atoms with E-state index in [0.717, 1.165) is 43.2 Å². The van der Waals surface area contributed by atoms with Gasteiger partial charge >= 0.3 is 0 Å². The van der Waals surface area contributed by atoms with Crippen LogP contribution in [-0.4, -0.2) is 35.5 Å². The summed E-state index contributed by atoms with van der Waals surface area (Å²) >= 11 is 0. The van der Waals surface area contributed by atoms with Crippen molar-refractivity contribution in [1.29, 1.82) is 0 Å². The van der Waals surface area contributed by atoms with Crippen LogP contribution in [0.3, 0.4) is 0 Å². The lowest BCUT2D eigenvalue weighted by Gasteiger charge is -2.35. The van der Waals surface area contributed by atoms with Crippen molar-refractivity contribution in [1.82, 2.24) is 10.2 Å². The minimum absolute atomic E-state index is 0.236. The molecule has 2 aliphatic rings. The monoisotopic (exact) mass is 275 g/mol. The summed E-state index contributed by atoms with van der Waals surface area (Å²) in [5, 5.41) is 14.6. The van der Waals surface area contributed by atoms with Gasteiger partial charge in [-0.25, -0.2) is 0 Å². The molecule has 0 amide bonds. The second kappa shape index (κ2) is 5.50. The predicted molar refractivity (Wildman–Crippen MR) is 77.6 cm³/mol. The highest BCUT2D eigenvalue weighted by Gasteiger charge is 2.32. The first-order chi connectivity index (χ1) is 9.65. The number of nitro benzene ring substituents is 1. The molecule has 0 radical (unpaired) electrons. The number of piperidine rings is 1. The molecule has 2 aliphatic heterocycles. The van der Waals surface area contributed by atoms with Crippen molar-refractivity contribution in [2.24, 2.45) is 5.92 Å². The number of hydrogen-bond acceptors (Lipinski definition) is 4. The minimum atomic E-state index is -0.286. The summed E-state index contributed by atoms with van der Waals surface area (Å²) in [5.74, 6) is 0.753. The quantitative estimate of drug-likeness (QED) is 0.678. The molecular formula is C15H21N3O2. The molecule has 1 aromatic carbocycles. The number of nitro groups is 1. The van der Waals surface area contributed by atoms with E-state index in [-0.39, 0.29) is 10.6 Å². The molecular weight excluding hydrogens is 254 g/mol. The zero-order chi connectivity index (χ0) is 14.1. The van der Waals surface area contributed by atoms with Crippen LogP contribution in [0.15, 0.2) is 18.2 Å². The van der Waals surface area contributed by atoms with E-state index in [1.165, 1.54) is 12.8 Å².